The van der Waals surface area contributed by atoms with Gasteiger partial charge >= 0.3 is 0 Å². The second kappa shape index (κ2) is 9.83. The van der Waals surface area contributed by atoms with E-state index in [-0.39, 0.29) is 25.0 Å². The molecule has 0 saturated carbocycles. The van der Waals surface area contributed by atoms with E-state index in [4.69, 9.17) is 21.1 Å². The number of methoxy groups -OCH3 is 1. The smallest absolute Gasteiger partial charge is 0.244 e. The molecule has 0 aromatic heterocycles. The van der Waals surface area contributed by atoms with Crippen LogP contribution in [0.1, 0.15) is 12.5 Å². The number of aryl methyl sites for hydroxylation is 1. The lowest BCUT2D eigenvalue weighted by atomic mass is 10.2. The molecule has 0 aliphatic heterocycles. The third-order valence-electron chi connectivity index (χ3n) is 3.93. The highest BCUT2D eigenvalue weighted by Crippen LogP contribution is 2.19. The van der Waals surface area contributed by atoms with Gasteiger partial charge in [-0.3, -0.25) is 9.59 Å². The average molecular weight is 391 g/mol. The van der Waals surface area contributed by atoms with Gasteiger partial charge in [0.1, 0.15) is 18.1 Å². The first-order chi connectivity index (χ1) is 12.9. The minimum Gasteiger partial charge on any atom is -0.497 e. The van der Waals surface area contributed by atoms with Crippen molar-refractivity contribution in [3.05, 3.63) is 53.1 Å². The molecule has 0 aliphatic carbocycles. The van der Waals surface area contributed by atoms with Crippen LogP contribution in [0.2, 0.25) is 5.02 Å². The molecule has 0 spiro atoms. The molecular formula is C20H23ClN2O4. The summed E-state index contributed by atoms with van der Waals surface area (Å²) < 4.78 is 10.7. The largest absolute Gasteiger partial charge is 0.497 e. The van der Waals surface area contributed by atoms with Crippen LogP contribution in [0, 0.1) is 6.92 Å². The van der Waals surface area contributed by atoms with Crippen molar-refractivity contribution in [3.8, 4) is 11.5 Å². The first kappa shape index (κ1) is 20.6. The molecule has 2 aromatic carbocycles. The van der Waals surface area contributed by atoms with Crippen LogP contribution in [-0.2, 0) is 9.59 Å². The van der Waals surface area contributed by atoms with Crippen molar-refractivity contribution >= 4 is 29.1 Å². The highest BCUT2D eigenvalue weighted by Gasteiger charge is 2.14. The van der Waals surface area contributed by atoms with Gasteiger partial charge in [0, 0.05) is 17.6 Å². The summed E-state index contributed by atoms with van der Waals surface area (Å²) >= 11 is 5.92. The zero-order valence-corrected chi connectivity index (χ0v) is 16.4. The maximum atomic E-state index is 12.3. The molecule has 27 heavy (non-hydrogen) atoms. The standard InChI is InChI=1S/C20H23ClN2O4/c1-14-12-16(21)4-9-19(14)22-20(25)13-23(15(2)24)10-11-27-18-7-5-17(26-3)6-8-18/h4-9,12H,10-11,13H2,1-3H3,(H,22,25). The van der Waals surface area contributed by atoms with E-state index in [2.05, 4.69) is 5.32 Å². The first-order valence-corrected chi connectivity index (χ1v) is 8.85. The molecule has 0 saturated heterocycles. The predicted molar refractivity (Wildman–Crippen MR) is 106 cm³/mol. The Balaban J connectivity index is 1.86. The van der Waals surface area contributed by atoms with Gasteiger partial charge in [0.15, 0.2) is 0 Å². The third kappa shape index (κ3) is 6.49. The number of benzene rings is 2. The Hall–Kier alpha value is -2.73. The van der Waals surface area contributed by atoms with Crippen molar-refractivity contribution < 1.29 is 19.1 Å². The van der Waals surface area contributed by atoms with Crippen LogP contribution in [0.4, 0.5) is 5.69 Å². The number of halogens is 1. The van der Waals surface area contributed by atoms with Crippen molar-refractivity contribution in [1.82, 2.24) is 4.90 Å². The lowest BCUT2D eigenvalue weighted by molar-refractivity contribution is -0.133. The molecule has 0 aliphatic rings. The molecule has 1 N–H and O–H groups in total. The minimum absolute atomic E-state index is 0.0522. The Morgan fingerprint density at radius 2 is 1.78 bits per heavy atom. The van der Waals surface area contributed by atoms with Crippen LogP contribution < -0.4 is 14.8 Å². The lowest BCUT2D eigenvalue weighted by Gasteiger charge is -2.21. The van der Waals surface area contributed by atoms with Gasteiger partial charge in [0.2, 0.25) is 11.8 Å². The summed E-state index contributed by atoms with van der Waals surface area (Å²) in [7, 11) is 1.59. The number of hydrogen-bond acceptors (Lipinski definition) is 4. The molecule has 6 nitrogen and oxygen atoms in total. The number of rotatable bonds is 8. The molecule has 7 heteroatoms. The summed E-state index contributed by atoms with van der Waals surface area (Å²) in [5.74, 6) is 0.929. The molecular weight excluding hydrogens is 368 g/mol. The Morgan fingerprint density at radius 1 is 1.11 bits per heavy atom. The van der Waals surface area contributed by atoms with Crippen LogP contribution in [0.3, 0.4) is 0 Å². The van der Waals surface area contributed by atoms with Gasteiger partial charge in [0.25, 0.3) is 0 Å². The van der Waals surface area contributed by atoms with Gasteiger partial charge in [-0.25, -0.2) is 0 Å². The van der Waals surface area contributed by atoms with E-state index in [1.54, 1.807) is 49.6 Å². The molecule has 144 valence electrons. The highest BCUT2D eigenvalue weighted by molar-refractivity contribution is 6.30. The van der Waals surface area contributed by atoms with Gasteiger partial charge < -0.3 is 19.7 Å². The number of nitrogens with zero attached hydrogens (tertiary/aromatic N) is 1. The second-order valence-electron chi connectivity index (χ2n) is 5.97. The summed E-state index contributed by atoms with van der Waals surface area (Å²) in [4.78, 5) is 25.5. The number of amides is 2. The second-order valence-corrected chi connectivity index (χ2v) is 6.41. The van der Waals surface area contributed by atoms with Crippen LogP contribution in [0.5, 0.6) is 11.5 Å². The highest BCUT2D eigenvalue weighted by atomic mass is 35.5. The number of ether oxygens (including phenoxy) is 2. The lowest BCUT2D eigenvalue weighted by Crippen LogP contribution is -2.39. The fourth-order valence-corrected chi connectivity index (χ4v) is 2.65. The van der Waals surface area contributed by atoms with E-state index < -0.39 is 0 Å². The summed E-state index contributed by atoms with van der Waals surface area (Å²) in [5, 5.41) is 3.40. The fraction of sp³-hybridized carbons (Fsp3) is 0.300. The van der Waals surface area contributed by atoms with Gasteiger partial charge in [-0.1, -0.05) is 11.6 Å². The Morgan fingerprint density at radius 3 is 2.37 bits per heavy atom. The number of carbonyl (C=O) groups is 2. The number of hydrogen-bond donors (Lipinski definition) is 1. The zero-order valence-electron chi connectivity index (χ0n) is 15.6. The van der Waals surface area contributed by atoms with Crippen molar-refractivity contribution in [3.63, 3.8) is 0 Å². The Bertz CT molecular complexity index is 793. The summed E-state index contributed by atoms with van der Waals surface area (Å²) in [6, 6.07) is 12.4. The van der Waals surface area contributed by atoms with Crippen molar-refractivity contribution in [2.24, 2.45) is 0 Å². The summed E-state index contributed by atoms with van der Waals surface area (Å²) in [6.07, 6.45) is 0. The molecule has 2 amide bonds. The van der Waals surface area contributed by atoms with E-state index in [1.807, 2.05) is 6.92 Å². The molecule has 2 rings (SSSR count). The maximum Gasteiger partial charge on any atom is 0.244 e. The monoisotopic (exact) mass is 390 g/mol. The quantitative estimate of drug-likeness (QED) is 0.748. The van der Waals surface area contributed by atoms with Crippen LogP contribution >= 0.6 is 11.6 Å². The molecule has 2 aromatic rings. The van der Waals surface area contributed by atoms with Crippen molar-refractivity contribution in [2.45, 2.75) is 13.8 Å². The molecule has 0 fully saturated rings. The Kier molecular flexibility index (Phi) is 7.49. The van der Waals surface area contributed by atoms with E-state index in [9.17, 15) is 9.59 Å². The van der Waals surface area contributed by atoms with Gasteiger partial charge in [-0.15, -0.1) is 0 Å². The predicted octanol–water partition coefficient (Wildman–Crippen LogP) is 3.52. The van der Waals surface area contributed by atoms with E-state index in [0.29, 0.717) is 23.0 Å². The zero-order chi connectivity index (χ0) is 19.8. The Labute approximate surface area is 164 Å². The normalized spacial score (nSPS) is 10.2. The van der Waals surface area contributed by atoms with E-state index in [0.717, 1.165) is 11.3 Å². The van der Waals surface area contributed by atoms with E-state index >= 15 is 0 Å². The maximum absolute atomic E-state index is 12.3. The number of nitrogens with one attached hydrogen (secondary N) is 1. The van der Waals surface area contributed by atoms with E-state index in [1.165, 1.54) is 11.8 Å². The van der Waals surface area contributed by atoms with Gasteiger partial charge in [-0.2, -0.15) is 0 Å². The fourth-order valence-electron chi connectivity index (χ4n) is 2.42. The SMILES string of the molecule is COc1ccc(OCCN(CC(=O)Nc2ccc(Cl)cc2C)C(C)=O)cc1. The van der Waals surface area contributed by atoms with Crippen LogP contribution in [0.25, 0.3) is 0 Å². The molecule has 0 unspecified atom stereocenters. The van der Waals surface area contributed by atoms with Gasteiger partial charge in [-0.05, 0) is 55.0 Å². The molecule has 0 heterocycles. The first-order valence-electron chi connectivity index (χ1n) is 8.47. The van der Waals surface area contributed by atoms with Crippen molar-refractivity contribution in [2.75, 3.05) is 32.1 Å². The van der Waals surface area contributed by atoms with Crippen LogP contribution in [-0.4, -0.2) is 43.5 Å². The average Bonchev–Trinajstić information content (AvgIpc) is 2.63. The molecule has 0 atom stereocenters. The van der Waals surface area contributed by atoms with Crippen LogP contribution in [0.15, 0.2) is 42.5 Å². The third-order valence-corrected chi connectivity index (χ3v) is 4.17. The minimum atomic E-state index is -0.278. The number of carbonyl (C=O) groups excluding carboxylic acids is 2. The van der Waals surface area contributed by atoms with Crippen molar-refractivity contribution in [1.29, 1.82) is 0 Å². The topological polar surface area (TPSA) is 67.9 Å². The summed E-state index contributed by atoms with van der Waals surface area (Å²) in [6.45, 7) is 3.80. The summed E-state index contributed by atoms with van der Waals surface area (Å²) in [5.41, 5.74) is 1.52. The molecule has 0 bridgehead atoms. The van der Waals surface area contributed by atoms with Gasteiger partial charge in [0.05, 0.1) is 20.2 Å². The molecule has 0 radical (unpaired) electrons. The number of anilines is 1.